The molecule has 1 N–H and O–H groups in total. The first kappa shape index (κ1) is 29.2. The molecule has 0 radical (unpaired) electrons. The van der Waals surface area contributed by atoms with Crippen molar-refractivity contribution in [3.63, 3.8) is 0 Å². The highest BCUT2D eigenvalue weighted by molar-refractivity contribution is 5.96. The number of hydrogen-bond donors (Lipinski definition) is 1. The molecule has 0 saturated heterocycles. The van der Waals surface area contributed by atoms with Crippen molar-refractivity contribution in [3.05, 3.63) is 47.2 Å². The smallest absolute Gasteiger partial charge is 0.272 e. The average molecular weight is 578 g/mol. The molecule has 3 aromatic heterocycles. The van der Waals surface area contributed by atoms with Gasteiger partial charge in [0.25, 0.3) is 11.8 Å². The van der Waals surface area contributed by atoms with Crippen LogP contribution in [0.4, 0.5) is 0 Å². The second-order valence-electron chi connectivity index (χ2n) is 11.6. The largest absolute Gasteiger partial charge is 0.349 e. The van der Waals surface area contributed by atoms with Crippen molar-refractivity contribution in [2.45, 2.75) is 52.0 Å². The minimum atomic E-state index is -0.304. The molecule has 1 unspecified atom stereocenters. The molecule has 2 bridgehead atoms. The quantitative estimate of drug-likeness (QED) is 0.489. The first-order chi connectivity index (χ1) is 20.1. The number of nitrogens with zero attached hydrogens (tertiary/aromatic N) is 8. The molecule has 0 aromatic carbocycles. The van der Waals surface area contributed by atoms with Crippen molar-refractivity contribution >= 4 is 29.3 Å². The maximum Gasteiger partial charge on any atom is 0.272 e. The summed E-state index contributed by atoms with van der Waals surface area (Å²) in [5.41, 5.74) is 3.19. The van der Waals surface area contributed by atoms with E-state index in [-0.39, 0.29) is 61.6 Å². The number of hydrogen-bond acceptors (Lipinski definition) is 7. The lowest BCUT2D eigenvalue weighted by atomic mass is 9.90. The van der Waals surface area contributed by atoms with Gasteiger partial charge in [-0.05, 0) is 43.7 Å². The molecule has 0 saturated carbocycles. The van der Waals surface area contributed by atoms with Gasteiger partial charge in [0.05, 0.1) is 6.54 Å². The normalized spacial score (nSPS) is 19.4. The third-order valence-electron chi connectivity index (χ3n) is 8.15. The van der Waals surface area contributed by atoms with Crippen LogP contribution in [0, 0.1) is 5.92 Å². The fraction of sp³-hybridized carbons (Fsp3) is 0.552. The SMILES string of the molecule is CC(C)CN1CC(=O)N(C)C2CCc3c(c(nn3C)C(=O)NCCN(C(=O)c3ccn4ncnc4c3)CCCC1=O)C2. The van der Waals surface area contributed by atoms with Gasteiger partial charge in [-0.15, -0.1) is 0 Å². The summed E-state index contributed by atoms with van der Waals surface area (Å²) >= 11 is 0. The molecule has 0 fully saturated rings. The van der Waals surface area contributed by atoms with Gasteiger partial charge in [-0.2, -0.15) is 10.2 Å². The molecule has 13 heteroatoms. The number of carbonyl (C=O) groups excluding carboxylic acids is 4. The van der Waals surface area contributed by atoms with Gasteiger partial charge >= 0.3 is 0 Å². The predicted molar refractivity (Wildman–Crippen MR) is 154 cm³/mol. The minimum Gasteiger partial charge on any atom is -0.349 e. The van der Waals surface area contributed by atoms with Gasteiger partial charge in [-0.3, -0.25) is 23.9 Å². The van der Waals surface area contributed by atoms with E-state index in [1.165, 1.54) is 6.33 Å². The fourth-order valence-corrected chi connectivity index (χ4v) is 5.87. The molecule has 3 aromatic rings. The van der Waals surface area contributed by atoms with Crippen LogP contribution in [0.15, 0.2) is 24.7 Å². The number of amides is 4. The number of aromatic nitrogens is 5. The van der Waals surface area contributed by atoms with Crippen molar-refractivity contribution in [1.82, 2.24) is 44.4 Å². The van der Waals surface area contributed by atoms with Gasteiger partial charge in [0.2, 0.25) is 11.8 Å². The Hall–Kier alpha value is -4.29. The third-order valence-corrected chi connectivity index (χ3v) is 8.15. The number of aryl methyl sites for hydroxylation is 1. The van der Waals surface area contributed by atoms with E-state index in [4.69, 9.17) is 0 Å². The van der Waals surface area contributed by atoms with Gasteiger partial charge in [0, 0.05) is 75.8 Å². The summed E-state index contributed by atoms with van der Waals surface area (Å²) in [7, 11) is 3.61. The summed E-state index contributed by atoms with van der Waals surface area (Å²) < 4.78 is 3.33. The monoisotopic (exact) mass is 577 g/mol. The first-order valence-electron chi connectivity index (χ1n) is 14.6. The van der Waals surface area contributed by atoms with E-state index < -0.39 is 0 Å². The minimum absolute atomic E-state index is 0.00172. The van der Waals surface area contributed by atoms with Crippen LogP contribution in [-0.4, -0.2) is 109 Å². The van der Waals surface area contributed by atoms with Crippen LogP contribution in [0.3, 0.4) is 0 Å². The number of rotatable bonds is 3. The number of pyridine rings is 1. The van der Waals surface area contributed by atoms with Gasteiger partial charge in [0.15, 0.2) is 11.3 Å². The topological polar surface area (TPSA) is 138 Å². The Morgan fingerprint density at radius 3 is 2.71 bits per heavy atom. The molecule has 4 heterocycles. The lowest BCUT2D eigenvalue weighted by molar-refractivity contribution is -0.141. The van der Waals surface area contributed by atoms with E-state index in [0.29, 0.717) is 49.3 Å². The number of fused-ring (bicyclic) bond motifs is 2. The maximum absolute atomic E-state index is 13.6. The van der Waals surface area contributed by atoms with Gasteiger partial charge < -0.3 is 20.0 Å². The molecule has 13 nitrogen and oxygen atoms in total. The second kappa shape index (κ2) is 12.3. The fourth-order valence-electron chi connectivity index (χ4n) is 5.87. The van der Waals surface area contributed by atoms with Crippen LogP contribution in [0.1, 0.15) is 65.2 Å². The molecule has 0 spiro atoms. The highest BCUT2D eigenvalue weighted by Crippen LogP contribution is 2.27. The third kappa shape index (κ3) is 6.14. The van der Waals surface area contributed by atoms with Crippen LogP contribution in [0.5, 0.6) is 0 Å². The molecular formula is C29H39N9O4. The zero-order chi connectivity index (χ0) is 30.0. The van der Waals surface area contributed by atoms with Gasteiger partial charge in [0.1, 0.15) is 6.33 Å². The van der Waals surface area contributed by atoms with Crippen LogP contribution in [0.25, 0.3) is 5.65 Å². The Morgan fingerprint density at radius 1 is 1.12 bits per heavy atom. The zero-order valence-corrected chi connectivity index (χ0v) is 24.7. The number of likely N-dealkylation sites (N-methyl/N-ethyl adjacent to an activating group) is 1. The summed E-state index contributed by atoms with van der Waals surface area (Å²) in [5.74, 6) is -0.577. The summed E-state index contributed by atoms with van der Waals surface area (Å²) in [4.78, 5) is 62.8. The van der Waals surface area contributed by atoms with E-state index in [2.05, 4.69) is 20.5 Å². The highest BCUT2D eigenvalue weighted by atomic mass is 16.2. The molecule has 2 aliphatic rings. The highest BCUT2D eigenvalue weighted by Gasteiger charge is 2.33. The average Bonchev–Trinajstić information content (AvgIpc) is 3.57. The second-order valence-corrected chi connectivity index (χ2v) is 11.6. The Kier molecular flexibility index (Phi) is 8.55. The van der Waals surface area contributed by atoms with E-state index in [1.54, 1.807) is 49.3 Å². The Morgan fingerprint density at radius 2 is 1.93 bits per heavy atom. The zero-order valence-electron chi connectivity index (χ0n) is 24.7. The molecule has 1 atom stereocenters. The summed E-state index contributed by atoms with van der Waals surface area (Å²) in [5, 5.41) is 11.6. The lowest BCUT2D eigenvalue weighted by Gasteiger charge is -2.34. The van der Waals surface area contributed by atoms with E-state index in [1.807, 2.05) is 20.9 Å². The van der Waals surface area contributed by atoms with Crippen LogP contribution < -0.4 is 5.32 Å². The van der Waals surface area contributed by atoms with Crippen LogP contribution in [-0.2, 0) is 29.5 Å². The summed E-state index contributed by atoms with van der Waals surface area (Å²) in [6.07, 6.45) is 5.68. The molecular weight excluding hydrogens is 538 g/mol. The van der Waals surface area contributed by atoms with E-state index in [9.17, 15) is 19.2 Å². The van der Waals surface area contributed by atoms with E-state index >= 15 is 0 Å². The predicted octanol–water partition coefficient (Wildman–Crippen LogP) is 0.929. The molecule has 224 valence electrons. The molecule has 42 heavy (non-hydrogen) atoms. The van der Waals surface area contributed by atoms with Crippen molar-refractivity contribution < 1.29 is 19.2 Å². The van der Waals surface area contributed by atoms with Gasteiger partial charge in [-0.1, -0.05) is 13.8 Å². The van der Waals surface area contributed by atoms with Crippen molar-refractivity contribution in [1.29, 1.82) is 0 Å². The number of nitrogens with one attached hydrogen (secondary N) is 1. The Bertz CT molecular complexity index is 1490. The first-order valence-corrected chi connectivity index (χ1v) is 14.6. The number of carbonyl (C=O) groups is 4. The van der Waals surface area contributed by atoms with Crippen LogP contribution >= 0.6 is 0 Å². The maximum atomic E-state index is 13.6. The Balaban J connectivity index is 1.42. The molecule has 1 aliphatic heterocycles. The van der Waals surface area contributed by atoms with Crippen molar-refractivity contribution in [3.8, 4) is 0 Å². The standard InChI is InChI=1S/C29H39N9O4/c1-19(2)16-37-17-26(40)34(3)21-7-8-23-22(15-21)27(33-35(23)4)28(41)30-10-13-36(11-5-6-25(37)39)29(42)20-9-12-38-24(14-20)31-18-32-38/h9,12,14,18-19,21H,5-8,10-11,13,15-17H2,1-4H3,(H,30,41). The summed E-state index contributed by atoms with van der Waals surface area (Å²) in [6, 6.07) is 3.26. The molecule has 5 rings (SSSR count). The molecule has 1 aliphatic carbocycles. The van der Waals surface area contributed by atoms with Crippen LogP contribution in [0.2, 0.25) is 0 Å². The van der Waals surface area contributed by atoms with Crippen molar-refractivity contribution in [2.24, 2.45) is 13.0 Å². The van der Waals surface area contributed by atoms with Gasteiger partial charge in [-0.25, -0.2) is 9.50 Å². The van der Waals surface area contributed by atoms with Crippen molar-refractivity contribution in [2.75, 3.05) is 39.8 Å². The Labute approximate surface area is 244 Å². The summed E-state index contributed by atoms with van der Waals surface area (Å²) in [6.45, 7) is 5.30. The lowest BCUT2D eigenvalue weighted by Crippen LogP contribution is -2.47. The van der Waals surface area contributed by atoms with E-state index in [0.717, 1.165) is 17.7 Å². The molecule has 4 amide bonds.